The van der Waals surface area contributed by atoms with Crippen LogP contribution in [0.2, 0.25) is 5.02 Å². The molecule has 0 radical (unpaired) electrons. The van der Waals surface area contributed by atoms with Gasteiger partial charge in [-0.2, -0.15) is 0 Å². The third-order valence-corrected chi connectivity index (χ3v) is 6.32. The molecule has 4 rings (SSSR count). The highest BCUT2D eigenvalue weighted by atomic mass is 35.5. The Morgan fingerprint density at radius 1 is 1.03 bits per heavy atom. The minimum absolute atomic E-state index is 0.107. The minimum atomic E-state index is -0.421. The molecular weight excluding hydrogens is 478 g/mol. The van der Waals surface area contributed by atoms with Crippen LogP contribution in [0.3, 0.4) is 0 Å². The van der Waals surface area contributed by atoms with Crippen molar-refractivity contribution in [2.45, 2.75) is 26.3 Å². The zero-order valence-electron chi connectivity index (χ0n) is 20.0. The predicted molar refractivity (Wildman–Crippen MR) is 140 cm³/mol. The van der Waals surface area contributed by atoms with Crippen molar-refractivity contribution in [2.75, 3.05) is 23.4 Å². The summed E-state index contributed by atoms with van der Waals surface area (Å²) in [5.41, 5.74) is 3.46. The Balaban J connectivity index is 1.27. The molecule has 1 heterocycles. The monoisotopic (exact) mass is 505 g/mol. The van der Waals surface area contributed by atoms with Crippen LogP contribution < -0.4 is 20.3 Å². The summed E-state index contributed by atoms with van der Waals surface area (Å²) >= 11 is 5.89. The van der Waals surface area contributed by atoms with Gasteiger partial charge in [-0.15, -0.1) is 0 Å². The van der Waals surface area contributed by atoms with Crippen LogP contribution in [0.15, 0.2) is 72.8 Å². The van der Waals surface area contributed by atoms with Crippen molar-refractivity contribution in [3.63, 3.8) is 0 Å². The molecule has 3 aromatic rings. The van der Waals surface area contributed by atoms with Gasteiger partial charge in [-0.05, 0) is 60.0 Å². The highest BCUT2D eigenvalue weighted by Crippen LogP contribution is 2.27. The molecule has 0 spiro atoms. The number of amides is 3. The van der Waals surface area contributed by atoms with Crippen LogP contribution in [-0.4, -0.2) is 30.9 Å². The summed E-state index contributed by atoms with van der Waals surface area (Å²) in [5.74, 6) is -0.417. The fourth-order valence-corrected chi connectivity index (χ4v) is 4.20. The fourth-order valence-electron chi connectivity index (χ4n) is 4.08. The number of rotatable bonds is 9. The standard InChI is InChI=1S/C28H28ClN3O4/c1-2-20-5-3-4-6-25(20)31-26(33)18-36-24-13-11-23(12-14-24)32-17-21(15-27(32)34)28(35)30-16-19-7-9-22(29)10-8-19/h3-14,21H,2,15-18H2,1H3,(H,30,35)(H,31,33)/t21-/m1/s1. The van der Waals surface area contributed by atoms with Gasteiger partial charge in [-0.3, -0.25) is 14.4 Å². The van der Waals surface area contributed by atoms with Crippen molar-refractivity contribution in [1.29, 1.82) is 0 Å². The van der Waals surface area contributed by atoms with Gasteiger partial charge in [-0.1, -0.05) is 48.9 Å². The normalized spacial score (nSPS) is 15.0. The number of nitrogens with one attached hydrogen (secondary N) is 2. The fraction of sp³-hybridized carbons (Fsp3) is 0.250. The molecule has 186 valence electrons. The molecule has 1 atom stereocenters. The number of aryl methyl sites for hydroxylation is 1. The number of hydrogen-bond donors (Lipinski definition) is 2. The first-order valence-corrected chi connectivity index (χ1v) is 12.2. The molecule has 1 aliphatic heterocycles. The zero-order valence-corrected chi connectivity index (χ0v) is 20.8. The van der Waals surface area contributed by atoms with Crippen LogP contribution in [0, 0.1) is 5.92 Å². The molecule has 8 heteroatoms. The molecule has 0 aromatic heterocycles. The number of carbonyl (C=O) groups excluding carboxylic acids is 3. The van der Waals surface area contributed by atoms with E-state index in [1.54, 1.807) is 41.3 Å². The van der Waals surface area contributed by atoms with E-state index in [-0.39, 0.29) is 30.7 Å². The first-order chi connectivity index (χ1) is 17.4. The summed E-state index contributed by atoms with van der Waals surface area (Å²) in [6.45, 7) is 2.59. The second-order valence-corrected chi connectivity index (χ2v) is 9.03. The smallest absolute Gasteiger partial charge is 0.262 e. The molecule has 0 aliphatic carbocycles. The van der Waals surface area contributed by atoms with E-state index in [1.165, 1.54) is 0 Å². The summed E-state index contributed by atoms with van der Waals surface area (Å²) in [5, 5.41) is 6.41. The van der Waals surface area contributed by atoms with Gasteiger partial charge in [0.15, 0.2) is 6.61 Å². The average molecular weight is 506 g/mol. The molecule has 0 bridgehead atoms. The van der Waals surface area contributed by atoms with Gasteiger partial charge < -0.3 is 20.3 Å². The predicted octanol–water partition coefficient (Wildman–Crippen LogP) is 4.59. The molecule has 3 aromatic carbocycles. The lowest BCUT2D eigenvalue weighted by molar-refractivity contribution is -0.126. The van der Waals surface area contributed by atoms with Crippen LogP contribution in [0.25, 0.3) is 0 Å². The van der Waals surface area contributed by atoms with Crippen LogP contribution in [0.4, 0.5) is 11.4 Å². The summed E-state index contributed by atoms with van der Waals surface area (Å²) in [6.07, 6.45) is 0.975. The van der Waals surface area contributed by atoms with E-state index in [0.29, 0.717) is 29.5 Å². The van der Waals surface area contributed by atoms with E-state index in [9.17, 15) is 14.4 Å². The Morgan fingerprint density at radius 2 is 1.75 bits per heavy atom. The van der Waals surface area contributed by atoms with Crippen molar-refractivity contribution in [3.8, 4) is 5.75 Å². The lowest BCUT2D eigenvalue weighted by Crippen LogP contribution is -2.32. The van der Waals surface area contributed by atoms with Gasteiger partial charge in [-0.25, -0.2) is 0 Å². The van der Waals surface area contributed by atoms with Gasteiger partial charge in [0.2, 0.25) is 11.8 Å². The van der Waals surface area contributed by atoms with Crippen molar-refractivity contribution < 1.29 is 19.1 Å². The molecular formula is C28H28ClN3O4. The Labute approximate surface area is 215 Å². The second-order valence-electron chi connectivity index (χ2n) is 8.59. The largest absolute Gasteiger partial charge is 0.484 e. The SMILES string of the molecule is CCc1ccccc1NC(=O)COc1ccc(N2C[C@H](C(=O)NCc3ccc(Cl)cc3)CC2=O)cc1. The number of hydrogen-bond acceptors (Lipinski definition) is 4. The van der Waals surface area contributed by atoms with Gasteiger partial charge in [0.05, 0.1) is 5.92 Å². The molecule has 1 saturated heterocycles. The van der Waals surface area contributed by atoms with Crippen molar-refractivity contribution in [2.24, 2.45) is 5.92 Å². The van der Waals surface area contributed by atoms with E-state index in [4.69, 9.17) is 16.3 Å². The third kappa shape index (κ3) is 6.43. The first kappa shape index (κ1) is 25.3. The highest BCUT2D eigenvalue weighted by Gasteiger charge is 2.35. The highest BCUT2D eigenvalue weighted by molar-refractivity contribution is 6.30. The topological polar surface area (TPSA) is 87.7 Å². The molecule has 1 fully saturated rings. The van der Waals surface area contributed by atoms with Crippen LogP contribution >= 0.6 is 11.6 Å². The summed E-state index contributed by atoms with van der Waals surface area (Å²) in [7, 11) is 0. The Hall–Kier alpha value is -3.84. The molecule has 0 saturated carbocycles. The van der Waals surface area contributed by atoms with Gasteiger partial charge in [0, 0.05) is 35.9 Å². The summed E-state index contributed by atoms with van der Waals surface area (Å²) in [6, 6.07) is 21.8. The number of para-hydroxylation sites is 1. The Kier molecular flexibility index (Phi) is 8.23. The van der Waals surface area contributed by atoms with E-state index >= 15 is 0 Å². The zero-order chi connectivity index (χ0) is 25.5. The van der Waals surface area contributed by atoms with Gasteiger partial charge in [0.25, 0.3) is 5.91 Å². The van der Waals surface area contributed by atoms with E-state index in [1.807, 2.05) is 43.3 Å². The maximum Gasteiger partial charge on any atom is 0.262 e. The van der Waals surface area contributed by atoms with E-state index < -0.39 is 5.92 Å². The number of nitrogens with zero attached hydrogens (tertiary/aromatic N) is 1. The second kappa shape index (κ2) is 11.7. The summed E-state index contributed by atoms with van der Waals surface area (Å²) in [4.78, 5) is 39.1. The Bertz CT molecular complexity index is 1230. The molecule has 36 heavy (non-hydrogen) atoms. The molecule has 7 nitrogen and oxygen atoms in total. The van der Waals surface area contributed by atoms with Crippen molar-refractivity contribution in [3.05, 3.63) is 88.9 Å². The lowest BCUT2D eigenvalue weighted by Gasteiger charge is -2.17. The van der Waals surface area contributed by atoms with E-state index in [0.717, 1.165) is 23.2 Å². The number of halogens is 1. The van der Waals surface area contributed by atoms with Crippen LogP contribution in [0.5, 0.6) is 5.75 Å². The van der Waals surface area contributed by atoms with Gasteiger partial charge >= 0.3 is 0 Å². The first-order valence-electron chi connectivity index (χ1n) is 11.9. The number of anilines is 2. The third-order valence-electron chi connectivity index (χ3n) is 6.07. The maximum absolute atomic E-state index is 12.6. The number of ether oxygens (including phenoxy) is 1. The number of carbonyl (C=O) groups is 3. The van der Waals surface area contributed by atoms with Crippen LogP contribution in [-0.2, 0) is 27.3 Å². The quantitative estimate of drug-likeness (QED) is 0.445. The summed E-state index contributed by atoms with van der Waals surface area (Å²) < 4.78 is 5.61. The molecule has 3 amide bonds. The molecule has 0 unspecified atom stereocenters. The van der Waals surface area contributed by atoms with Crippen molar-refractivity contribution in [1.82, 2.24) is 5.32 Å². The molecule has 2 N–H and O–H groups in total. The number of benzene rings is 3. The van der Waals surface area contributed by atoms with E-state index in [2.05, 4.69) is 10.6 Å². The van der Waals surface area contributed by atoms with Gasteiger partial charge in [0.1, 0.15) is 5.75 Å². The maximum atomic E-state index is 12.6. The lowest BCUT2D eigenvalue weighted by atomic mass is 10.1. The van der Waals surface area contributed by atoms with Crippen molar-refractivity contribution >= 4 is 40.7 Å². The average Bonchev–Trinajstić information content (AvgIpc) is 3.29. The molecule has 1 aliphatic rings. The van der Waals surface area contributed by atoms with Crippen LogP contribution in [0.1, 0.15) is 24.5 Å². The minimum Gasteiger partial charge on any atom is -0.484 e. The Morgan fingerprint density at radius 3 is 2.47 bits per heavy atom.